The van der Waals surface area contributed by atoms with E-state index in [2.05, 4.69) is 20.4 Å². The van der Waals surface area contributed by atoms with Gasteiger partial charge in [-0.2, -0.15) is 5.10 Å². The second-order valence-corrected chi connectivity index (χ2v) is 7.03. The van der Waals surface area contributed by atoms with Gasteiger partial charge in [0.1, 0.15) is 0 Å². The predicted octanol–water partition coefficient (Wildman–Crippen LogP) is 3.78. The molecular weight excluding hydrogens is 358 g/mol. The summed E-state index contributed by atoms with van der Waals surface area (Å²) in [7, 11) is 1.88. The Morgan fingerprint density at radius 3 is 2.85 bits per heavy atom. The lowest BCUT2D eigenvalue weighted by Crippen LogP contribution is -2.00. The van der Waals surface area contributed by atoms with Crippen LogP contribution in [0, 0.1) is 0 Å². The van der Waals surface area contributed by atoms with Crippen LogP contribution in [0.25, 0.3) is 11.3 Å². The van der Waals surface area contributed by atoms with Crippen molar-refractivity contribution in [3.05, 3.63) is 83.3 Å². The quantitative estimate of drug-likeness (QED) is 0.519. The molecule has 7 heteroatoms. The van der Waals surface area contributed by atoms with Gasteiger partial charge >= 0.3 is 0 Å². The highest BCUT2D eigenvalue weighted by molar-refractivity contribution is 7.17. The first-order valence-corrected chi connectivity index (χ1v) is 9.24. The SMILES string of the molecule is Cn1nccc1-c1cccc(C(=O)c2cnc(NCc3cccnc3)s2)c1. The first kappa shape index (κ1) is 17.1. The molecule has 0 fully saturated rings. The molecule has 3 heterocycles. The molecule has 0 radical (unpaired) electrons. The smallest absolute Gasteiger partial charge is 0.204 e. The fraction of sp³-hybridized carbons (Fsp3) is 0.100. The fourth-order valence-electron chi connectivity index (χ4n) is 2.76. The van der Waals surface area contributed by atoms with Crippen molar-refractivity contribution in [1.29, 1.82) is 0 Å². The van der Waals surface area contributed by atoms with Crippen LogP contribution in [-0.2, 0) is 13.6 Å². The van der Waals surface area contributed by atoms with E-state index in [1.807, 2.05) is 49.5 Å². The van der Waals surface area contributed by atoms with Gasteiger partial charge in [0, 0.05) is 43.3 Å². The number of hydrogen-bond acceptors (Lipinski definition) is 6. The number of anilines is 1. The normalized spacial score (nSPS) is 10.7. The molecule has 0 amide bonds. The molecule has 0 unspecified atom stereocenters. The summed E-state index contributed by atoms with van der Waals surface area (Å²) < 4.78 is 1.79. The number of thiazole rings is 1. The van der Waals surface area contributed by atoms with Gasteiger partial charge in [0.25, 0.3) is 0 Å². The molecule has 4 aromatic rings. The van der Waals surface area contributed by atoms with Crippen molar-refractivity contribution in [2.24, 2.45) is 7.05 Å². The Bertz CT molecular complexity index is 1070. The molecule has 0 aliphatic rings. The van der Waals surface area contributed by atoms with E-state index in [-0.39, 0.29) is 5.78 Å². The zero-order valence-electron chi connectivity index (χ0n) is 14.7. The Morgan fingerprint density at radius 2 is 2.07 bits per heavy atom. The minimum absolute atomic E-state index is 0.0362. The highest BCUT2D eigenvalue weighted by Gasteiger charge is 2.14. The molecular formula is C20H17N5OS. The van der Waals surface area contributed by atoms with Crippen LogP contribution in [0.2, 0.25) is 0 Å². The van der Waals surface area contributed by atoms with E-state index in [0.717, 1.165) is 16.8 Å². The molecule has 0 saturated heterocycles. The highest BCUT2D eigenvalue weighted by Crippen LogP contribution is 2.24. The third-order valence-corrected chi connectivity index (χ3v) is 5.09. The first-order valence-electron chi connectivity index (χ1n) is 8.42. The molecule has 0 atom stereocenters. The lowest BCUT2D eigenvalue weighted by molar-refractivity contribution is 0.104. The standard InChI is InChI=1S/C20H17N5OS/c1-25-17(7-9-24-25)15-5-2-6-16(10-15)19(26)18-13-23-20(27-18)22-12-14-4-3-8-21-11-14/h2-11,13H,12H2,1H3,(H,22,23). The third kappa shape index (κ3) is 3.78. The molecule has 0 aliphatic carbocycles. The maximum Gasteiger partial charge on any atom is 0.204 e. The van der Waals surface area contributed by atoms with Crippen molar-refractivity contribution in [1.82, 2.24) is 19.7 Å². The predicted molar refractivity (Wildman–Crippen MR) is 106 cm³/mol. The summed E-state index contributed by atoms with van der Waals surface area (Å²) in [5, 5.41) is 8.13. The first-order chi connectivity index (χ1) is 13.2. The van der Waals surface area contributed by atoms with Crippen LogP contribution in [0.1, 0.15) is 20.8 Å². The van der Waals surface area contributed by atoms with Crippen molar-refractivity contribution in [2.45, 2.75) is 6.54 Å². The summed E-state index contributed by atoms with van der Waals surface area (Å²) in [5.41, 5.74) is 3.62. The van der Waals surface area contributed by atoms with E-state index in [0.29, 0.717) is 22.1 Å². The van der Waals surface area contributed by atoms with Crippen molar-refractivity contribution >= 4 is 22.3 Å². The number of benzene rings is 1. The van der Waals surface area contributed by atoms with Crippen LogP contribution in [0.15, 0.2) is 67.3 Å². The average Bonchev–Trinajstić information content (AvgIpc) is 3.36. The molecule has 6 nitrogen and oxygen atoms in total. The van der Waals surface area contributed by atoms with Crippen LogP contribution >= 0.6 is 11.3 Å². The molecule has 4 rings (SSSR count). The van der Waals surface area contributed by atoms with E-state index in [4.69, 9.17) is 0 Å². The average molecular weight is 375 g/mol. The molecule has 0 spiro atoms. The Morgan fingerprint density at radius 1 is 1.15 bits per heavy atom. The molecule has 1 N–H and O–H groups in total. The Labute approximate surface area is 160 Å². The van der Waals surface area contributed by atoms with Crippen LogP contribution in [0.4, 0.5) is 5.13 Å². The number of rotatable bonds is 6. The number of nitrogens with one attached hydrogen (secondary N) is 1. The second-order valence-electron chi connectivity index (χ2n) is 5.99. The topological polar surface area (TPSA) is 72.7 Å². The van der Waals surface area contributed by atoms with Crippen LogP contribution < -0.4 is 5.32 Å². The second kappa shape index (κ2) is 7.51. The summed E-state index contributed by atoms with van der Waals surface area (Å²) in [5.74, 6) is -0.0362. The minimum atomic E-state index is -0.0362. The Hall–Kier alpha value is -3.32. The fourth-order valence-corrected chi connectivity index (χ4v) is 3.53. The molecule has 0 aliphatic heterocycles. The summed E-state index contributed by atoms with van der Waals surface area (Å²) in [4.78, 5) is 21.9. The largest absolute Gasteiger partial charge is 0.357 e. The monoisotopic (exact) mass is 375 g/mol. The van der Waals surface area contributed by atoms with Crippen LogP contribution in [-0.4, -0.2) is 25.5 Å². The molecule has 0 saturated carbocycles. The third-order valence-electron chi connectivity index (χ3n) is 4.14. The van der Waals surface area contributed by atoms with E-state index in [1.165, 1.54) is 11.3 Å². The van der Waals surface area contributed by atoms with Crippen molar-refractivity contribution < 1.29 is 4.79 Å². The van der Waals surface area contributed by atoms with Gasteiger partial charge in [0.2, 0.25) is 5.78 Å². The minimum Gasteiger partial charge on any atom is -0.357 e. The number of pyridine rings is 1. The van der Waals surface area contributed by atoms with E-state index >= 15 is 0 Å². The molecule has 27 heavy (non-hydrogen) atoms. The van der Waals surface area contributed by atoms with Gasteiger partial charge in [-0.05, 0) is 23.8 Å². The maximum absolute atomic E-state index is 12.9. The van der Waals surface area contributed by atoms with Gasteiger partial charge in [-0.3, -0.25) is 14.5 Å². The van der Waals surface area contributed by atoms with Gasteiger partial charge in [0.15, 0.2) is 5.13 Å². The van der Waals surface area contributed by atoms with E-state index in [1.54, 1.807) is 29.5 Å². The number of aryl methyl sites for hydroxylation is 1. The van der Waals surface area contributed by atoms with Gasteiger partial charge in [0.05, 0.1) is 16.8 Å². The Kier molecular flexibility index (Phi) is 4.76. The zero-order chi connectivity index (χ0) is 18.6. The molecule has 134 valence electrons. The molecule has 3 aromatic heterocycles. The van der Waals surface area contributed by atoms with E-state index < -0.39 is 0 Å². The number of nitrogens with zero attached hydrogens (tertiary/aromatic N) is 4. The Balaban J connectivity index is 1.50. The lowest BCUT2D eigenvalue weighted by Gasteiger charge is -2.04. The van der Waals surface area contributed by atoms with Crippen LogP contribution in [0.3, 0.4) is 0 Å². The van der Waals surface area contributed by atoms with Gasteiger partial charge in [-0.25, -0.2) is 4.98 Å². The highest BCUT2D eigenvalue weighted by atomic mass is 32.1. The zero-order valence-corrected chi connectivity index (χ0v) is 15.5. The number of hydrogen-bond donors (Lipinski definition) is 1. The van der Waals surface area contributed by atoms with Crippen molar-refractivity contribution in [3.63, 3.8) is 0 Å². The van der Waals surface area contributed by atoms with Gasteiger partial charge in [-0.1, -0.05) is 35.6 Å². The lowest BCUT2D eigenvalue weighted by atomic mass is 10.0. The van der Waals surface area contributed by atoms with Gasteiger partial charge in [-0.15, -0.1) is 0 Å². The van der Waals surface area contributed by atoms with E-state index in [9.17, 15) is 4.79 Å². The van der Waals surface area contributed by atoms with Gasteiger partial charge < -0.3 is 5.32 Å². The number of carbonyl (C=O) groups excluding carboxylic acids is 1. The van der Waals surface area contributed by atoms with Crippen molar-refractivity contribution in [3.8, 4) is 11.3 Å². The molecule has 1 aromatic carbocycles. The molecule has 0 bridgehead atoms. The number of carbonyl (C=O) groups is 1. The summed E-state index contributed by atoms with van der Waals surface area (Å²) in [6, 6.07) is 13.4. The number of ketones is 1. The maximum atomic E-state index is 12.9. The van der Waals surface area contributed by atoms with Crippen molar-refractivity contribution in [2.75, 3.05) is 5.32 Å². The summed E-state index contributed by atoms with van der Waals surface area (Å²) >= 11 is 1.35. The summed E-state index contributed by atoms with van der Waals surface area (Å²) in [6.07, 6.45) is 6.91. The summed E-state index contributed by atoms with van der Waals surface area (Å²) in [6.45, 7) is 0.616. The number of aromatic nitrogens is 4. The van der Waals surface area contributed by atoms with Crippen LogP contribution in [0.5, 0.6) is 0 Å².